The predicted octanol–water partition coefficient (Wildman–Crippen LogP) is 5.68. The molecule has 1 saturated carbocycles. The van der Waals surface area contributed by atoms with Crippen LogP contribution < -0.4 is 14.9 Å². The van der Waals surface area contributed by atoms with E-state index in [2.05, 4.69) is 80.7 Å². The smallest absolute Gasteiger partial charge is 0.201 e. The third-order valence-corrected chi connectivity index (χ3v) is 11.6. The molecule has 6 rings (SSSR count). The first kappa shape index (κ1) is 17.5. The molecule has 0 unspecified atom stereocenters. The van der Waals surface area contributed by atoms with Gasteiger partial charge in [-0.1, -0.05) is 84.1 Å². The lowest BCUT2D eigenvalue weighted by Gasteiger charge is -2.39. The Morgan fingerprint density at radius 1 is 0.818 bits per heavy atom. The molecule has 0 bridgehead atoms. The molecule has 164 valence electrons. The summed E-state index contributed by atoms with van der Waals surface area (Å²) >= 11 is 0. The Hall–Kier alpha value is -2.97. The summed E-state index contributed by atoms with van der Waals surface area (Å²) in [6.07, 6.45) is 4.13. The van der Waals surface area contributed by atoms with E-state index in [-0.39, 0.29) is 5.41 Å². The van der Waals surface area contributed by atoms with Crippen LogP contribution in [-0.2, 0) is 12.5 Å². The molecule has 1 aliphatic heterocycles. The largest absolute Gasteiger partial charge is 0.213 e. The highest BCUT2D eigenvalue weighted by Gasteiger charge is 2.54. The SMILES string of the molecule is [2H]C([2H])([2H])c1c[n+](C)c(-c2ccccc2C)cc1-c1ccc2c(c1)C1(CC1)c1ccccc1[Si]2(C)C. The van der Waals surface area contributed by atoms with Crippen LogP contribution in [0.25, 0.3) is 22.4 Å². The van der Waals surface area contributed by atoms with Crippen molar-refractivity contribution in [3.8, 4) is 22.4 Å². The van der Waals surface area contributed by atoms with Gasteiger partial charge in [0.25, 0.3) is 0 Å². The van der Waals surface area contributed by atoms with E-state index in [1.54, 1.807) is 5.19 Å². The summed E-state index contributed by atoms with van der Waals surface area (Å²) < 4.78 is 27.0. The average Bonchev–Trinajstić information content (AvgIpc) is 3.65. The zero-order valence-corrected chi connectivity index (χ0v) is 20.9. The maximum absolute atomic E-state index is 8.34. The first-order valence-corrected chi connectivity index (χ1v) is 14.9. The van der Waals surface area contributed by atoms with E-state index >= 15 is 0 Å². The molecule has 0 radical (unpaired) electrons. The minimum Gasteiger partial charge on any atom is -0.201 e. The van der Waals surface area contributed by atoms with Crippen molar-refractivity contribution in [2.75, 3.05) is 0 Å². The maximum Gasteiger partial charge on any atom is 0.213 e. The van der Waals surface area contributed by atoms with Crippen molar-refractivity contribution >= 4 is 18.4 Å². The van der Waals surface area contributed by atoms with Crippen LogP contribution >= 0.6 is 0 Å². The third-order valence-electron chi connectivity index (χ3n) is 8.08. The molecule has 0 N–H and O–H groups in total. The summed E-state index contributed by atoms with van der Waals surface area (Å²) in [6, 6.07) is 26.2. The zero-order chi connectivity index (χ0) is 25.5. The monoisotopic (exact) mass is 449 g/mol. The average molecular weight is 450 g/mol. The van der Waals surface area contributed by atoms with Gasteiger partial charge in [0.2, 0.25) is 5.69 Å². The summed E-state index contributed by atoms with van der Waals surface area (Å²) in [5, 5.41) is 3.05. The van der Waals surface area contributed by atoms with Gasteiger partial charge in [-0.3, -0.25) is 0 Å². The van der Waals surface area contributed by atoms with Gasteiger partial charge in [0, 0.05) is 26.7 Å². The number of pyridine rings is 1. The van der Waals surface area contributed by atoms with E-state index in [1.165, 1.54) is 21.9 Å². The van der Waals surface area contributed by atoms with Crippen LogP contribution in [0.15, 0.2) is 79.0 Å². The molecule has 0 atom stereocenters. The van der Waals surface area contributed by atoms with Gasteiger partial charge < -0.3 is 0 Å². The molecule has 1 nitrogen and oxygen atoms in total. The fraction of sp³-hybridized carbons (Fsp3) is 0.258. The van der Waals surface area contributed by atoms with Gasteiger partial charge in [-0.15, -0.1) is 0 Å². The van der Waals surface area contributed by atoms with Gasteiger partial charge in [0.05, 0.1) is 0 Å². The summed E-state index contributed by atoms with van der Waals surface area (Å²) in [7, 11) is 0.0925. The molecule has 2 aliphatic rings. The maximum atomic E-state index is 8.34. The molecular formula is C31H32NSi+. The van der Waals surface area contributed by atoms with Crippen LogP contribution in [-0.4, -0.2) is 8.07 Å². The highest BCUT2D eigenvalue weighted by atomic mass is 28.3. The first-order valence-electron chi connectivity index (χ1n) is 13.4. The Morgan fingerprint density at radius 2 is 1.55 bits per heavy atom. The molecule has 1 aliphatic carbocycles. The number of nitrogens with zero attached hydrogens (tertiary/aromatic N) is 1. The highest BCUT2D eigenvalue weighted by Crippen LogP contribution is 2.55. The molecule has 1 fully saturated rings. The number of fused-ring (bicyclic) bond motifs is 4. The van der Waals surface area contributed by atoms with E-state index in [0.717, 1.165) is 35.2 Å². The van der Waals surface area contributed by atoms with Crippen molar-refractivity contribution in [1.29, 1.82) is 0 Å². The Morgan fingerprint density at radius 3 is 2.30 bits per heavy atom. The van der Waals surface area contributed by atoms with Crippen molar-refractivity contribution < 1.29 is 8.68 Å². The van der Waals surface area contributed by atoms with E-state index in [1.807, 2.05) is 29.9 Å². The highest BCUT2D eigenvalue weighted by molar-refractivity contribution is 7.01. The number of hydrogen-bond acceptors (Lipinski definition) is 0. The van der Waals surface area contributed by atoms with Crippen LogP contribution in [0.3, 0.4) is 0 Å². The van der Waals surface area contributed by atoms with Crippen LogP contribution in [0.4, 0.5) is 0 Å². The molecule has 33 heavy (non-hydrogen) atoms. The van der Waals surface area contributed by atoms with Crippen molar-refractivity contribution in [2.45, 2.75) is 45.1 Å². The second kappa shape index (κ2) is 7.01. The van der Waals surface area contributed by atoms with Crippen LogP contribution in [0.1, 0.15) is 39.2 Å². The van der Waals surface area contributed by atoms with Crippen molar-refractivity contribution in [3.63, 3.8) is 0 Å². The normalized spacial score (nSPS) is 18.6. The molecule has 0 saturated heterocycles. The fourth-order valence-corrected chi connectivity index (χ4v) is 9.35. The standard InChI is InChI=1S/C31H32NSi/c1-21-10-6-7-11-24(21)28-19-25(22(2)20-32(28)3)23-14-15-30-27(18-23)31(16-17-31)26-12-8-9-13-29(26)33(30,4)5/h6-15,18-20H,16-17H2,1-5H3/q+1/i2D3. The Bertz CT molecular complexity index is 1530. The first-order chi connectivity index (χ1) is 17.0. The van der Waals surface area contributed by atoms with E-state index in [4.69, 9.17) is 4.11 Å². The minimum absolute atomic E-state index is 0.0862. The van der Waals surface area contributed by atoms with Gasteiger partial charge in [0.1, 0.15) is 15.1 Å². The molecule has 4 aromatic rings. The van der Waals surface area contributed by atoms with Crippen LogP contribution in [0.5, 0.6) is 0 Å². The van der Waals surface area contributed by atoms with Gasteiger partial charge in [-0.25, -0.2) is 4.57 Å². The number of aryl methyl sites for hydroxylation is 3. The Balaban J connectivity index is 1.60. The summed E-state index contributed by atoms with van der Waals surface area (Å²) in [5.41, 5.74) is 8.55. The molecule has 1 aromatic heterocycles. The third kappa shape index (κ3) is 2.93. The van der Waals surface area contributed by atoms with Crippen molar-refractivity contribution in [3.05, 3.63) is 101 Å². The Labute approximate surface area is 203 Å². The van der Waals surface area contributed by atoms with Gasteiger partial charge in [-0.05, 0) is 60.5 Å². The molecule has 3 aromatic carbocycles. The van der Waals surface area contributed by atoms with Crippen LogP contribution in [0, 0.1) is 13.8 Å². The van der Waals surface area contributed by atoms with E-state index in [0.29, 0.717) is 5.56 Å². The number of benzene rings is 3. The van der Waals surface area contributed by atoms with Crippen LogP contribution in [0.2, 0.25) is 13.1 Å². The molecular weight excluding hydrogens is 414 g/mol. The Kier molecular flexibility index (Phi) is 3.72. The molecule has 2 heterocycles. The second-order valence-corrected chi connectivity index (χ2v) is 14.8. The minimum atomic E-state index is -2.20. The molecule has 0 amide bonds. The quantitative estimate of drug-likeness (QED) is 0.274. The summed E-state index contributed by atoms with van der Waals surface area (Å²) in [4.78, 5) is 0. The number of aromatic nitrogens is 1. The van der Waals surface area contributed by atoms with E-state index < -0.39 is 14.9 Å². The lowest BCUT2D eigenvalue weighted by molar-refractivity contribution is -0.660. The lowest BCUT2D eigenvalue weighted by atomic mass is 9.85. The van der Waals surface area contributed by atoms with Crippen molar-refractivity contribution in [2.24, 2.45) is 7.05 Å². The summed E-state index contributed by atoms with van der Waals surface area (Å²) in [6.45, 7) is 4.80. The number of hydrogen-bond donors (Lipinski definition) is 0. The lowest BCUT2D eigenvalue weighted by Crippen LogP contribution is -2.60. The van der Waals surface area contributed by atoms with E-state index in [9.17, 15) is 0 Å². The number of rotatable bonds is 2. The van der Waals surface area contributed by atoms with Gasteiger partial charge in [-0.2, -0.15) is 0 Å². The molecule has 2 heteroatoms. The summed E-state index contributed by atoms with van der Waals surface area (Å²) in [5.74, 6) is 0. The zero-order valence-electron chi connectivity index (χ0n) is 22.9. The second-order valence-electron chi connectivity index (χ2n) is 10.4. The van der Waals surface area contributed by atoms with Gasteiger partial charge >= 0.3 is 0 Å². The molecule has 1 spiro atoms. The van der Waals surface area contributed by atoms with Gasteiger partial charge in [0.15, 0.2) is 6.20 Å². The van der Waals surface area contributed by atoms with Crippen molar-refractivity contribution in [1.82, 2.24) is 0 Å². The topological polar surface area (TPSA) is 3.88 Å². The predicted molar refractivity (Wildman–Crippen MR) is 141 cm³/mol. The fourth-order valence-electron chi connectivity index (χ4n) is 6.07.